The maximum absolute atomic E-state index is 12.2. The van der Waals surface area contributed by atoms with Gasteiger partial charge in [0.25, 0.3) is 10.2 Å². The molecule has 1 aliphatic heterocycles. The average Bonchev–Trinajstić information content (AvgIpc) is 3.18. The van der Waals surface area contributed by atoms with Crippen LogP contribution in [0.25, 0.3) is 0 Å². The fourth-order valence-electron chi connectivity index (χ4n) is 2.87. The van der Waals surface area contributed by atoms with Crippen LogP contribution in [0.15, 0.2) is 11.4 Å². The van der Waals surface area contributed by atoms with E-state index >= 15 is 0 Å². The molecule has 1 atom stereocenters. The molecule has 7 heteroatoms. The summed E-state index contributed by atoms with van der Waals surface area (Å²) in [5.74, 6) is 0.568. The molecule has 3 rings (SSSR count). The summed E-state index contributed by atoms with van der Waals surface area (Å²) < 4.78 is 28.7. The number of rotatable bonds is 7. The monoisotopic (exact) mass is 343 g/mol. The highest BCUT2D eigenvalue weighted by atomic mass is 32.2. The molecule has 0 radical (unpaired) electrons. The van der Waals surface area contributed by atoms with Gasteiger partial charge in [0, 0.05) is 44.1 Å². The van der Waals surface area contributed by atoms with E-state index in [1.165, 1.54) is 14.7 Å². The van der Waals surface area contributed by atoms with E-state index in [1.54, 1.807) is 7.05 Å². The molecule has 5 nitrogen and oxygen atoms in total. The summed E-state index contributed by atoms with van der Waals surface area (Å²) in [6.07, 6.45) is 3.39. The van der Waals surface area contributed by atoms with Gasteiger partial charge in [-0.25, -0.2) is 4.72 Å². The lowest BCUT2D eigenvalue weighted by Crippen LogP contribution is -2.47. The quantitative estimate of drug-likeness (QED) is 0.819. The van der Waals surface area contributed by atoms with Crippen molar-refractivity contribution >= 4 is 21.5 Å². The van der Waals surface area contributed by atoms with Gasteiger partial charge in [0.15, 0.2) is 0 Å². The minimum absolute atomic E-state index is 0.206. The van der Waals surface area contributed by atoms with Crippen LogP contribution in [0, 0.1) is 5.92 Å². The van der Waals surface area contributed by atoms with Crippen LogP contribution in [0.2, 0.25) is 0 Å². The number of thiophene rings is 1. The van der Waals surface area contributed by atoms with Gasteiger partial charge in [-0.05, 0) is 49.1 Å². The van der Waals surface area contributed by atoms with Crippen molar-refractivity contribution < 1.29 is 8.42 Å². The predicted molar refractivity (Wildman–Crippen MR) is 90.2 cm³/mol. The molecule has 1 aliphatic carbocycles. The van der Waals surface area contributed by atoms with Crippen LogP contribution in [0.4, 0.5) is 0 Å². The summed E-state index contributed by atoms with van der Waals surface area (Å²) in [7, 11) is -1.67. The zero-order chi connectivity index (χ0) is 15.7. The molecule has 1 aromatic heterocycles. The van der Waals surface area contributed by atoms with Gasteiger partial charge in [0.05, 0.1) is 0 Å². The van der Waals surface area contributed by atoms with Crippen LogP contribution < -0.4 is 4.72 Å². The van der Waals surface area contributed by atoms with Gasteiger partial charge >= 0.3 is 0 Å². The molecule has 0 saturated heterocycles. The maximum Gasteiger partial charge on any atom is 0.279 e. The summed E-state index contributed by atoms with van der Waals surface area (Å²) >= 11 is 1.83. The van der Waals surface area contributed by atoms with E-state index in [1.807, 2.05) is 11.3 Å². The Bertz CT molecular complexity index is 610. The second-order valence-electron chi connectivity index (χ2n) is 6.52. The second-order valence-corrected chi connectivity index (χ2v) is 9.38. The maximum atomic E-state index is 12.2. The first-order chi connectivity index (χ1) is 10.5. The summed E-state index contributed by atoms with van der Waals surface area (Å²) in [6, 6.07) is 2.39. The Morgan fingerprint density at radius 3 is 3.00 bits per heavy atom. The number of nitrogens with one attached hydrogen (secondary N) is 1. The molecule has 1 N–H and O–H groups in total. The zero-order valence-corrected chi connectivity index (χ0v) is 14.9. The van der Waals surface area contributed by atoms with Gasteiger partial charge in [0.2, 0.25) is 0 Å². The third-order valence-electron chi connectivity index (χ3n) is 4.64. The lowest BCUT2D eigenvalue weighted by Gasteiger charge is -2.32. The Labute approximate surface area is 137 Å². The van der Waals surface area contributed by atoms with Gasteiger partial charge in [0.1, 0.15) is 0 Å². The second kappa shape index (κ2) is 6.57. The van der Waals surface area contributed by atoms with Crippen molar-refractivity contribution in [3.8, 4) is 0 Å². The molecule has 0 bridgehead atoms. The van der Waals surface area contributed by atoms with E-state index in [-0.39, 0.29) is 6.04 Å². The van der Waals surface area contributed by atoms with Gasteiger partial charge in [-0.15, -0.1) is 11.3 Å². The average molecular weight is 344 g/mol. The van der Waals surface area contributed by atoms with Crippen molar-refractivity contribution in [1.29, 1.82) is 0 Å². The van der Waals surface area contributed by atoms with Crippen molar-refractivity contribution in [1.82, 2.24) is 13.9 Å². The Morgan fingerprint density at radius 1 is 1.50 bits per heavy atom. The summed E-state index contributed by atoms with van der Waals surface area (Å²) in [6.45, 7) is 5.15. The zero-order valence-electron chi connectivity index (χ0n) is 13.3. The molecular weight excluding hydrogens is 318 g/mol. The molecular formula is C15H25N3O2S2. The molecule has 0 unspecified atom stereocenters. The molecule has 22 heavy (non-hydrogen) atoms. The fraction of sp³-hybridized carbons (Fsp3) is 0.733. The first kappa shape index (κ1) is 16.4. The first-order valence-electron chi connectivity index (χ1n) is 7.96. The van der Waals surface area contributed by atoms with E-state index in [0.717, 1.165) is 32.4 Å². The van der Waals surface area contributed by atoms with Crippen LogP contribution in [0.3, 0.4) is 0 Å². The standard InChI is InChI=1S/C15H25N3O2S2/c1-12(18-7-5-15-14(11-18)6-8-21-15)9-16-22(19,20)17(2)10-13-3-4-13/h6,8,12-13,16H,3-5,7,9-11H2,1-2H3/t12-/m1/s1. The minimum Gasteiger partial charge on any atom is -0.295 e. The molecule has 1 aromatic rings. The van der Waals surface area contributed by atoms with Crippen LogP contribution in [0.1, 0.15) is 30.2 Å². The van der Waals surface area contributed by atoms with E-state index in [9.17, 15) is 8.42 Å². The molecule has 0 aromatic carbocycles. The number of hydrogen-bond donors (Lipinski definition) is 1. The lowest BCUT2D eigenvalue weighted by atomic mass is 10.1. The van der Waals surface area contributed by atoms with Crippen LogP contribution >= 0.6 is 11.3 Å². The molecule has 2 aliphatic rings. The van der Waals surface area contributed by atoms with Crippen molar-refractivity contribution in [3.05, 3.63) is 21.9 Å². The predicted octanol–water partition coefficient (Wildman–Crippen LogP) is 1.67. The van der Waals surface area contributed by atoms with Crippen LogP contribution in [-0.4, -0.2) is 50.3 Å². The molecule has 1 saturated carbocycles. The van der Waals surface area contributed by atoms with Crippen LogP contribution in [-0.2, 0) is 23.2 Å². The van der Waals surface area contributed by atoms with E-state index in [0.29, 0.717) is 19.0 Å². The topological polar surface area (TPSA) is 52.7 Å². The summed E-state index contributed by atoms with van der Waals surface area (Å²) in [5.41, 5.74) is 1.40. The van der Waals surface area contributed by atoms with E-state index < -0.39 is 10.2 Å². The Hall–Kier alpha value is -0.470. The third kappa shape index (κ3) is 3.89. The number of nitrogens with zero attached hydrogens (tertiary/aromatic N) is 2. The Kier molecular flexibility index (Phi) is 4.89. The fourth-order valence-corrected chi connectivity index (χ4v) is 4.84. The summed E-state index contributed by atoms with van der Waals surface area (Å²) in [5, 5.41) is 2.15. The van der Waals surface area contributed by atoms with Gasteiger partial charge in [-0.3, -0.25) is 4.90 Å². The van der Waals surface area contributed by atoms with Gasteiger partial charge in [-0.1, -0.05) is 0 Å². The number of fused-ring (bicyclic) bond motifs is 1. The van der Waals surface area contributed by atoms with Gasteiger partial charge in [-0.2, -0.15) is 12.7 Å². The minimum atomic E-state index is -3.34. The SMILES string of the molecule is C[C@H](CNS(=O)(=O)N(C)CC1CC1)N1CCc2sccc2C1. The molecule has 2 heterocycles. The highest BCUT2D eigenvalue weighted by Crippen LogP contribution is 2.29. The molecule has 0 spiro atoms. The molecule has 1 fully saturated rings. The number of hydrogen-bond acceptors (Lipinski definition) is 4. The Morgan fingerprint density at radius 2 is 2.27 bits per heavy atom. The molecule has 0 amide bonds. The normalized spacial score (nSPS) is 21.0. The van der Waals surface area contributed by atoms with Crippen molar-refractivity contribution in [2.75, 3.05) is 26.7 Å². The third-order valence-corrected chi connectivity index (χ3v) is 7.17. The van der Waals surface area contributed by atoms with Crippen molar-refractivity contribution in [2.24, 2.45) is 5.92 Å². The van der Waals surface area contributed by atoms with E-state index in [4.69, 9.17) is 0 Å². The highest BCUT2D eigenvalue weighted by molar-refractivity contribution is 7.87. The first-order valence-corrected chi connectivity index (χ1v) is 10.3. The highest BCUT2D eigenvalue weighted by Gasteiger charge is 2.29. The van der Waals surface area contributed by atoms with Crippen LogP contribution in [0.5, 0.6) is 0 Å². The summed E-state index contributed by atoms with van der Waals surface area (Å²) in [4.78, 5) is 3.84. The largest absolute Gasteiger partial charge is 0.295 e. The smallest absolute Gasteiger partial charge is 0.279 e. The molecule has 124 valence electrons. The van der Waals surface area contributed by atoms with Gasteiger partial charge < -0.3 is 0 Å². The van der Waals surface area contributed by atoms with Crippen molar-refractivity contribution in [3.63, 3.8) is 0 Å². The van der Waals surface area contributed by atoms with Crippen molar-refractivity contribution in [2.45, 2.75) is 38.8 Å². The Balaban J connectivity index is 1.50. The van der Waals surface area contributed by atoms with E-state index in [2.05, 4.69) is 28.0 Å². The lowest BCUT2D eigenvalue weighted by molar-refractivity contribution is 0.193.